The second kappa shape index (κ2) is 4.80. The molecule has 1 aliphatic rings. The Bertz CT molecular complexity index is 484. The van der Waals surface area contributed by atoms with Crippen LogP contribution < -0.4 is 0 Å². The second-order valence-electron chi connectivity index (χ2n) is 5.30. The van der Waals surface area contributed by atoms with E-state index in [1.807, 2.05) is 50.2 Å². The van der Waals surface area contributed by atoms with Crippen molar-refractivity contribution in [1.29, 1.82) is 0 Å². The molecule has 0 saturated carbocycles. The lowest BCUT2D eigenvalue weighted by molar-refractivity contribution is -0.147. The Morgan fingerprint density at radius 3 is 1.42 bits per heavy atom. The van der Waals surface area contributed by atoms with Gasteiger partial charge in [-0.2, -0.15) is 0 Å². The Balaban J connectivity index is 1.97. The third-order valence-electron chi connectivity index (χ3n) is 3.35. The van der Waals surface area contributed by atoms with E-state index in [0.717, 1.165) is 11.1 Å². The maximum Gasteiger partial charge on any atom is 0.164 e. The molecule has 1 heterocycles. The van der Waals surface area contributed by atoms with Gasteiger partial charge in [0.1, 0.15) is 12.2 Å². The summed E-state index contributed by atoms with van der Waals surface area (Å²) in [7, 11) is 0. The van der Waals surface area contributed by atoms with Gasteiger partial charge in [0, 0.05) is 0 Å². The average molecular weight is 254 g/mol. The Labute approximate surface area is 114 Å². The van der Waals surface area contributed by atoms with Crippen molar-refractivity contribution >= 4 is 0 Å². The van der Waals surface area contributed by atoms with E-state index in [-0.39, 0.29) is 12.2 Å². The molecule has 19 heavy (non-hydrogen) atoms. The zero-order valence-electron chi connectivity index (χ0n) is 11.2. The minimum Gasteiger partial charge on any atom is -0.339 e. The summed E-state index contributed by atoms with van der Waals surface area (Å²) in [5, 5.41) is 0. The van der Waals surface area contributed by atoms with Crippen LogP contribution >= 0.6 is 0 Å². The molecular weight excluding hydrogens is 236 g/mol. The lowest BCUT2D eigenvalue weighted by Gasteiger charge is -2.17. The van der Waals surface area contributed by atoms with Crippen molar-refractivity contribution in [3.05, 3.63) is 71.8 Å². The van der Waals surface area contributed by atoms with Gasteiger partial charge in [-0.1, -0.05) is 60.7 Å². The maximum absolute atomic E-state index is 6.08. The van der Waals surface area contributed by atoms with E-state index in [1.165, 1.54) is 0 Å². The van der Waals surface area contributed by atoms with Crippen molar-refractivity contribution in [1.82, 2.24) is 0 Å². The molecule has 3 rings (SSSR count). The summed E-state index contributed by atoms with van der Waals surface area (Å²) >= 11 is 0. The highest BCUT2D eigenvalue weighted by Crippen LogP contribution is 2.46. The molecule has 2 atom stereocenters. The van der Waals surface area contributed by atoms with Gasteiger partial charge in [0.2, 0.25) is 0 Å². The van der Waals surface area contributed by atoms with Crippen molar-refractivity contribution in [3.63, 3.8) is 0 Å². The van der Waals surface area contributed by atoms with Crippen molar-refractivity contribution in [2.45, 2.75) is 31.8 Å². The van der Waals surface area contributed by atoms with Crippen molar-refractivity contribution in [3.8, 4) is 0 Å². The van der Waals surface area contributed by atoms with Crippen molar-refractivity contribution in [2.24, 2.45) is 0 Å². The summed E-state index contributed by atoms with van der Waals surface area (Å²) in [6, 6.07) is 20.5. The molecule has 98 valence electrons. The van der Waals surface area contributed by atoms with Crippen LogP contribution in [0.1, 0.15) is 37.2 Å². The fourth-order valence-corrected chi connectivity index (χ4v) is 2.53. The normalized spacial score (nSPS) is 25.4. The van der Waals surface area contributed by atoms with Crippen LogP contribution in [0.2, 0.25) is 0 Å². The quantitative estimate of drug-likeness (QED) is 0.797. The largest absolute Gasteiger partial charge is 0.339 e. The molecule has 0 bridgehead atoms. The lowest BCUT2D eigenvalue weighted by atomic mass is 9.99. The van der Waals surface area contributed by atoms with Crippen molar-refractivity contribution < 1.29 is 9.47 Å². The van der Waals surface area contributed by atoms with Gasteiger partial charge in [0.05, 0.1) is 0 Å². The standard InChI is InChI=1S/C17H18O2/c1-17(2)18-15(13-9-5-3-6-10-13)16(19-17)14-11-7-4-8-12-14/h3-12,15-16H,1-2H3/t15-,16-/m0/s1. The molecule has 2 aromatic carbocycles. The SMILES string of the molecule is CC1(C)O[C@@H](c2ccccc2)[C@H](c2ccccc2)O1. The van der Waals surface area contributed by atoms with Crippen LogP contribution in [0.15, 0.2) is 60.7 Å². The molecule has 0 aliphatic carbocycles. The summed E-state index contributed by atoms with van der Waals surface area (Å²) in [5.74, 6) is -0.555. The third-order valence-corrected chi connectivity index (χ3v) is 3.35. The summed E-state index contributed by atoms with van der Waals surface area (Å²) in [6.07, 6.45) is -0.114. The van der Waals surface area contributed by atoms with Crippen LogP contribution in [-0.2, 0) is 9.47 Å². The molecule has 2 heteroatoms. The molecule has 2 aromatic rings. The summed E-state index contributed by atoms with van der Waals surface area (Å²) in [4.78, 5) is 0. The number of rotatable bonds is 2. The first-order chi connectivity index (χ1) is 9.16. The van der Waals surface area contributed by atoms with Crippen LogP contribution in [0.3, 0.4) is 0 Å². The topological polar surface area (TPSA) is 18.5 Å². The fourth-order valence-electron chi connectivity index (χ4n) is 2.53. The van der Waals surface area contributed by atoms with Gasteiger partial charge < -0.3 is 9.47 Å². The van der Waals surface area contributed by atoms with E-state index in [1.54, 1.807) is 0 Å². The molecule has 0 aromatic heterocycles. The molecule has 0 unspecified atom stereocenters. The van der Waals surface area contributed by atoms with E-state index >= 15 is 0 Å². The first kappa shape index (κ1) is 12.4. The molecule has 0 radical (unpaired) electrons. The predicted octanol–water partition coefficient (Wildman–Crippen LogP) is 4.25. The van der Waals surface area contributed by atoms with Gasteiger partial charge >= 0.3 is 0 Å². The molecule has 1 fully saturated rings. The number of ether oxygens (including phenoxy) is 2. The fraction of sp³-hybridized carbons (Fsp3) is 0.294. The summed E-state index contributed by atoms with van der Waals surface area (Å²) in [5.41, 5.74) is 2.31. The smallest absolute Gasteiger partial charge is 0.164 e. The maximum atomic E-state index is 6.08. The Morgan fingerprint density at radius 1 is 0.684 bits per heavy atom. The van der Waals surface area contributed by atoms with Gasteiger partial charge in [0.25, 0.3) is 0 Å². The van der Waals surface area contributed by atoms with E-state index in [0.29, 0.717) is 0 Å². The zero-order valence-corrected chi connectivity index (χ0v) is 11.2. The van der Waals surface area contributed by atoms with Crippen LogP contribution in [0.25, 0.3) is 0 Å². The minimum atomic E-state index is -0.555. The molecule has 2 nitrogen and oxygen atoms in total. The molecule has 1 saturated heterocycles. The summed E-state index contributed by atoms with van der Waals surface area (Å²) < 4.78 is 12.2. The number of benzene rings is 2. The average Bonchev–Trinajstić information content (AvgIpc) is 2.77. The second-order valence-corrected chi connectivity index (χ2v) is 5.30. The van der Waals surface area contributed by atoms with Gasteiger partial charge in [-0.15, -0.1) is 0 Å². The first-order valence-corrected chi connectivity index (χ1v) is 6.61. The van der Waals surface area contributed by atoms with E-state index < -0.39 is 5.79 Å². The number of hydrogen-bond donors (Lipinski definition) is 0. The highest BCUT2D eigenvalue weighted by atomic mass is 16.7. The van der Waals surface area contributed by atoms with E-state index in [4.69, 9.17) is 9.47 Å². The van der Waals surface area contributed by atoms with Gasteiger partial charge in [-0.3, -0.25) is 0 Å². The first-order valence-electron chi connectivity index (χ1n) is 6.61. The monoisotopic (exact) mass is 254 g/mol. The van der Waals surface area contributed by atoms with Gasteiger partial charge in [-0.25, -0.2) is 0 Å². The Morgan fingerprint density at radius 2 is 1.05 bits per heavy atom. The molecule has 0 N–H and O–H groups in total. The third kappa shape index (κ3) is 2.55. The Hall–Kier alpha value is -1.64. The van der Waals surface area contributed by atoms with Gasteiger partial charge in [-0.05, 0) is 25.0 Å². The lowest BCUT2D eigenvalue weighted by Crippen LogP contribution is -2.20. The van der Waals surface area contributed by atoms with Crippen LogP contribution in [-0.4, -0.2) is 5.79 Å². The van der Waals surface area contributed by atoms with Gasteiger partial charge in [0.15, 0.2) is 5.79 Å². The highest BCUT2D eigenvalue weighted by Gasteiger charge is 2.42. The molecule has 0 amide bonds. The molecule has 1 aliphatic heterocycles. The van der Waals surface area contributed by atoms with Crippen LogP contribution in [0, 0.1) is 0 Å². The van der Waals surface area contributed by atoms with Crippen molar-refractivity contribution in [2.75, 3.05) is 0 Å². The number of hydrogen-bond acceptors (Lipinski definition) is 2. The molecule has 0 spiro atoms. The molecular formula is C17H18O2. The predicted molar refractivity (Wildman–Crippen MR) is 74.6 cm³/mol. The zero-order chi connectivity index (χ0) is 13.3. The van der Waals surface area contributed by atoms with Crippen LogP contribution in [0.5, 0.6) is 0 Å². The van der Waals surface area contributed by atoms with E-state index in [9.17, 15) is 0 Å². The summed E-state index contributed by atoms with van der Waals surface area (Å²) in [6.45, 7) is 3.93. The highest BCUT2D eigenvalue weighted by molar-refractivity contribution is 5.26. The minimum absolute atomic E-state index is 0.0569. The van der Waals surface area contributed by atoms with E-state index in [2.05, 4.69) is 24.3 Å². The van der Waals surface area contributed by atoms with Crippen LogP contribution in [0.4, 0.5) is 0 Å². The Kier molecular flexibility index (Phi) is 3.13.